The largest absolute Gasteiger partial charge is 0.573 e. The molecule has 0 saturated heterocycles. The van der Waals surface area contributed by atoms with Gasteiger partial charge in [0.1, 0.15) is 5.75 Å². The Kier molecular flexibility index (Phi) is 2.75. The summed E-state index contributed by atoms with van der Waals surface area (Å²) >= 11 is 0. The smallest absolute Gasteiger partial charge is 0.404 e. The fraction of sp³-hybridized carbons (Fsp3) is 0.500. The molecule has 1 aromatic rings. The van der Waals surface area contributed by atoms with Gasteiger partial charge in [-0.3, -0.25) is 4.98 Å². The Bertz CT molecular complexity index is 392. The van der Waals surface area contributed by atoms with Crippen LogP contribution in [0, 0.1) is 0 Å². The molecule has 0 atom stereocenters. The Hall–Kier alpha value is -1.30. The van der Waals surface area contributed by atoms with Crippen LogP contribution < -0.4 is 4.74 Å². The second-order valence-corrected chi connectivity index (χ2v) is 3.81. The Morgan fingerprint density at radius 2 is 2.19 bits per heavy atom. The van der Waals surface area contributed by atoms with Crippen LogP contribution in [0.4, 0.5) is 13.2 Å². The van der Waals surface area contributed by atoms with E-state index in [1.54, 1.807) is 0 Å². The number of rotatable bonds is 1. The molecule has 1 aliphatic rings. The van der Waals surface area contributed by atoms with Gasteiger partial charge in [0.25, 0.3) is 0 Å². The van der Waals surface area contributed by atoms with Crippen LogP contribution in [0.3, 0.4) is 0 Å². The molecule has 6 heteroatoms. The van der Waals surface area contributed by atoms with Crippen LogP contribution in [0.25, 0.3) is 0 Å². The van der Waals surface area contributed by atoms with Crippen LogP contribution in [-0.4, -0.2) is 29.8 Å². The summed E-state index contributed by atoms with van der Waals surface area (Å²) in [6, 6.07) is 1.41. The van der Waals surface area contributed by atoms with Crippen LogP contribution in [0.15, 0.2) is 12.3 Å². The number of aromatic nitrogens is 1. The van der Waals surface area contributed by atoms with Gasteiger partial charge in [0.2, 0.25) is 0 Å². The third-order valence-corrected chi connectivity index (χ3v) is 2.44. The molecule has 2 heterocycles. The Balaban J connectivity index is 2.21. The quantitative estimate of drug-likeness (QED) is 0.740. The van der Waals surface area contributed by atoms with Crippen LogP contribution in [0.1, 0.15) is 11.3 Å². The van der Waals surface area contributed by atoms with Crippen molar-refractivity contribution in [2.45, 2.75) is 19.3 Å². The number of nitrogens with zero attached hydrogens (tertiary/aromatic N) is 2. The van der Waals surface area contributed by atoms with Gasteiger partial charge in [-0.05, 0) is 18.7 Å². The van der Waals surface area contributed by atoms with E-state index in [-0.39, 0.29) is 5.75 Å². The Labute approximate surface area is 90.8 Å². The van der Waals surface area contributed by atoms with Crippen molar-refractivity contribution in [3.63, 3.8) is 0 Å². The number of pyridine rings is 1. The van der Waals surface area contributed by atoms with E-state index in [2.05, 4.69) is 9.72 Å². The first-order valence-corrected chi connectivity index (χ1v) is 4.86. The zero-order valence-electron chi connectivity index (χ0n) is 8.71. The normalized spacial score (nSPS) is 17.0. The molecule has 0 unspecified atom stereocenters. The molecule has 0 spiro atoms. The number of fused-ring (bicyclic) bond motifs is 1. The molecule has 16 heavy (non-hydrogen) atoms. The van der Waals surface area contributed by atoms with Gasteiger partial charge in [-0.25, -0.2) is 0 Å². The molecule has 0 radical (unpaired) electrons. The minimum atomic E-state index is -4.66. The first-order chi connectivity index (χ1) is 7.44. The maximum absolute atomic E-state index is 12.0. The van der Waals surface area contributed by atoms with Gasteiger partial charge in [-0.15, -0.1) is 13.2 Å². The highest BCUT2D eigenvalue weighted by Gasteiger charge is 2.31. The lowest BCUT2D eigenvalue weighted by Gasteiger charge is -2.24. The maximum atomic E-state index is 12.0. The van der Waals surface area contributed by atoms with E-state index < -0.39 is 6.36 Å². The molecule has 0 fully saturated rings. The lowest BCUT2D eigenvalue weighted by atomic mass is 10.1. The first kappa shape index (κ1) is 11.2. The fourth-order valence-corrected chi connectivity index (χ4v) is 1.73. The predicted molar refractivity (Wildman–Crippen MR) is 51.0 cm³/mol. The second kappa shape index (κ2) is 3.93. The molecule has 88 valence electrons. The minimum absolute atomic E-state index is 0.249. The third-order valence-electron chi connectivity index (χ3n) is 2.44. The van der Waals surface area contributed by atoms with Crippen LogP contribution in [0.5, 0.6) is 5.75 Å². The first-order valence-electron chi connectivity index (χ1n) is 4.86. The Morgan fingerprint density at radius 1 is 1.44 bits per heavy atom. The second-order valence-electron chi connectivity index (χ2n) is 3.81. The van der Waals surface area contributed by atoms with Crippen molar-refractivity contribution in [2.24, 2.45) is 0 Å². The summed E-state index contributed by atoms with van der Waals surface area (Å²) in [6.45, 7) is 1.48. The zero-order chi connectivity index (χ0) is 11.8. The van der Waals surface area contributed by atoms with E-state index in [0.29, 0.717) is 6.54 Å². The summed E-state index contributed by atoms with van der Waals surface area (Å²) in [6.07, 6.45) is -2.77. The number of hydrogen-bond acceptors (Lipinski definition) is 3. The highest BCUT2D eigenvalue weighted by Crippen LogP contribution is 2.25. The number of halogens is 3. The van der Waals surface area contributed by atoms with Gasteiger partial charge >= 0.3 is 6.36 Å². The summed E-state index contributed by atoms with van der Waals surface area (Å²) in [7, 11) is 1.92. The average molecular weight is 232 g/mol. The number of likely N-dealkylation sites (N-methyl/N-ethyl adjacent to an activating group) is 1. The third kappa shape index (κ3) is 2.63. The fourth-order valence-electron chi connectivity index (χ4n) is 1.73. The highest BCUT2D eigenvalue weighted by molar-refractivity contribution is 5.31. The molecule has 0 aliphatic carbocycles. The summed E-state index contributed by atoms with van der Waals surface area (Å²) in [5.74, 6) is -0.249. The lowest BCUT2D eigenvalue weighted by Crippen LogP contribution is -2.27. The van der Waals surface area contributed by atoms with Gasteiger partial charge in [-0.2, -0.15) is 0 Å². The van der Waals surface area contributed by atoms with E-state index in [9.17, 15) is 13.2 Å². The van der Waals surface area contributed by atoms with Crippen LogP contribution >= 0.6 is 0 Å². The van der Waals surface area contributed by atoms with Crippen molar-refractivity contribution < 1.29 is 17.9 Å². The summed E-state index contributed by atoms with van der Waals surface area (Å²) in [5.41, 5.74) is 1.66. The molecular formula is C10H11F3N2O. The van der Waals surface area contributed by atoms with E-state index in [1.165, 1.54) is 6.07 Å². The van der Waals surface area contributed by atoms with Crippen LogP contribution in [0.2, 0.25) is 0 Å². The van der Waals surface area contributed by atoms with Gasteiger partial charge in [0.05, 0.1) is 6.20 Å². The molecular weight excluding hydrogens is 221 g/mol. The molecule has 3 nitrogen and oxygen atoms in total. The van der Waals surface area contributed by atoms with E-state index in [4.69, 9.17) is 0 Å². The lowest BCUT2D eigenvalue weighted by molar-refractivity contribution is -0.274. The Morgan fingerprint density at radius 3 is 2.88 bits per heavy atom. The highest BCUT2D eigenvalue weighted by atomic mass is 19.4. The van der Waals surface area contributed by atoms with E-state index in [1.807, 2.05) is 11.9 Å². The SMILES string of the molecule is CN1CCc2ncc(OC(F)(F)F)cc2C1. The molecule has 1 aliphatic heterocycles. The van der Waals surface area contributed by atoms with Crippen molar-refractivity contribution in [1.82, 2.24) is 9.88 Å². The zero-order valence-corrected chi connectivity index (χ0v) is 8.71. The standard InChI is InChI=1S/C10H11F3N2O/c1-15-3-2-9-7(6-15)4-8(5-14-9)16-10(11,12)13/h4-5H,2-3,6H2,1H3. The minimum Gasteiger partial charge on any atom is -0.404 e. The van der Waals surface area contributed by atoms with Gasteiger partial charge in [0.15, 0.2) is 0 Å². The average Bonchev–Trinajstić information content (AvgIpc) is 2.14. The molecule has 0 saturated carbocycles. The molecule has 0 amide bonds. The number of hydrogen-bond donors (Lipinski definition) is 0. The number of alkyl halides is 3. The van der Waals surface area contributed by atoms with Crippen molar-refractivity contribution in [1.29, 1.82) is 0 Å². The number of ether oxygens (including phenoxy) is 1. The van der Waals surface area contributed by atoms with Crippen LogP contribution in [-0.2, 0) is 13.0 Å². The van der Waals surface area contributed by atoms with Crippen molar-refractivity contribution in [3.8, 4) is 5.75 Å². The maximum Gasteiger partial charge on any atom is 0.573 e. The van der Waals surface area contributed by atoms with Gasteiger partial charge < -0.3 is 9.64 Å². The molecule has 0 N–H and O–H groups in total. The van der Waals surface area contributed by atoms with Gasteiger partial charge in [-0.1, -0.05) is 0 Å². The summed E-state index contributed by atoms with van der Waals surface area (Å²) < 4.78 is 39.8. The summed E-state index contributed by atoms with van der Waals surface area (Å²) in [4.78, 5) is 6.02. The van der Waals surface area contributed by atoms with Crippen molar-refractivity contribution >= 4 is 0 Å². The van der Waals surface area contributed by atoms with E-state index >= 15 is 0 Å². The summed E-state index contributed by atoms with van der Waals surface area (Å²) in [5, 5.41) is 0. The monoisotopic (exact) mass is 232 g/mol. The molecule has 0 bridgehead atoms. The predicted octanol–water partition coefficient (Wildman–Crippen LogP) is 1.97. The van der Waals surface area contributed by atoms with Crippen molar-refractivity contribution in [3.05, 3.63) is 23.5 Å². The van der Waals surface area contributed by atoms with E-state index in [0.717, 1.165) is 30.4 Å². The molecule has 2 rings (SSSR count). The van der Waals surface area contributed by atoms with Gasteiger partial charge in [0, 0.05) is 25.2 Å². The topological polar surface area (TPSA) is 25.4 Å². The molecule has 0 aromatic carbocycles. The molecule has 1 aromatic heterocycles. The van der Waals surface area contributed by atoms with Crippen molar-refractivity contribution in [2.75, 3.05) is 13.6 Å².